The molecule has 64 heavy (non-hydrogen) atoms. The van der Waals surface area contributed by atoms with Crippen LogP contribution in [0.4, 0.5) is 22.7 Å². The molecule has 8 aromatic carbocycles. The Bertz CT molecular complexity index is 2840. The number of nitrogens with zero attached hydrogens (tertiary/aromatic N) is 4. The number of hydrogen-bond donors (Lipinski definition) is 4. The molecule has 0 amide bonds. The normalized spacial score (nSPS) is 13.4. The minimum atomic E-state index is 0.113. The van der Waals surface area contributed by atoms with Gasteiger partial charge < -0.3 is 20.4 Å². The van der Waals surface area contributed by atoms with Gasteiger partial charge in [-0.05, 0) is 96.5 Å². The summed E-state index contributed by atoms with van der Waals surface area (Å²) in [5, 5.41) is 49.2. The quantitative estimate of drug-likeness (QED) is 0.113. The Balaban J connectivity index is 1.10. The Morgan fingerprint density at radius 3 is 0.750 bits per heavy atom. The fourth-order valence-electron chi connectivity index (χ4n) is 8.19. The SMILES string of the molecule is C=C1Cc2cccc(c2O)C=Nc2cccc3c(cccc23)N=Cc2cccc(c2O)CC(=C)Cc2cccc(c2O)C=Nc2cccc3c(cccc23)N=Cc2cccc(c2O)C1. The Morgan fingerprint density at radius 1 is 0.297 bits per heavy atom. The first kappa shape index (κ1) is 41.0. The third-order valence-electron chi connectivity index (χ3n) is 11.5. The van der Waals surface area contributed by atoms with Crippen molar-refractivity contribution in [2.24, 2.45) is 20.0 Å². The second-order valence-electron chi connectivity index (χ2n) is 16.0. The monoisotopic (exact) mass is 836 g/mol. The van der Waals surface area contributed by atoms with Gasteiger partial charge in [0.15, 0.2) is 0 Å². The molecule has 4 N–H and O–H groups in total. The van der Waals surface area contributed by atoms with Gasteiger partial charge in [-0.25, -0.2) is 0 Å². The lowest BCUT2D eigenvalue weighted by molar-refractivity contribution is 0.466. The maximum absolute atomic E-state index is 11.4. The molecule has 0 radical (unpaired) electrons. The average Bonchev–Trinajstić information content (AvgIpc) is 3.30. The van der Waals surface area contributed by atoms with Crippen molar-refractivity contribution in [3.8, 4) is 23.0 Å². The molecule has 16 bridgehead atoms. The smallest absolute Gasteiger partial charge is 0.127 e. The van der Waals surface area contributed by atoms with Gasteiger partial charge in [-0.1, -0.05) is 121 Å². The van der Waals surface area contributed by atoms with Gasteiger partial charge in [-0.2, -0.15) is 0 Å². The fraction of sp³-hybridized carbons (Fsp3) is 0.0714. The van der Waals surface area contributed by atoms with Crippen LogP contribution in [0.3, 0.4) is 0 Å². The maximum atomic E-state index is 11.4. The highest BCUT2D eigenvalue weighted by Gasteiger charge is 2.14. The van der Waals surface area contributed by atoms with Crippen molar-refractivity contribution in [1.82, 2.24) is 0 Å². The van der Waals surface area contributed by atoms with Crippen LogP contribution in [0.2, 0.25) is 0 Å². The van der Waals surface area contributed by atoms with Gasteiger partial charge >= 0.3 is 0 Å². The molecular formula is C56H44N4O4. The van der Waals surface area contributed by atoms with Crippen LogP contribution in [-0.4, -0.2) is 45.3 Å². The lowest BCUT2D eigenvalue weighted by atomic mass is 9.96. The molecule has 9 rings (SSSR count). The number of aliphatic imine (C=N–C) groups is 4. The molecule has 0 aliphatic carbocycles. The van der Waals surface area contributed by atoms with Crippen LogP contribution in [0.15, 0.2) is 190 Å². The number of hydrogen-bond acceptors (Lipinski definition) is 8. The molecule has 0 unspecified atom stereocenters. The van der Waals surface area contributed by atoms with E-state index in [1.165, 1.54) is 0 Å². The number of phenolic OH excluding ortho intramolecular Hbond substituents is 4. The molecule has 8 heteroatoms. The highest BCUT2D eigenvalue weighted by atomic mass is 16.3. The molecule has 0 fully saturated rings. The number of fused-ring (bicyclic) bond motifs is 8. The highest BCUT2D eigenvalue weighted by Crippen LogP contribution is 2.36. The molecule has 0 saturated heterocycles. The summed E-state index contributed by atoms with van der Waals surface area (Å²) in [6, 6.07) is 45.5. The third-order valence-corrected chi connectivity index (χ3v) is 11.5. The van der Waals surface area contributed by atoms with E-state index in [-0.39, 0.29) is 23.0 Å². The summed E-state index contributed by atoms with van der Waals surface area (Å²) in [6.07, 6.45) is 8.19. The molecule has 1 heterocycles. The van der Waals surface area contributed by atoms with Crippen molar-refractivity contribution < 1.29 is 20.4 Å². The van der Waals surface area contributed by atoms with E-state index in [4.69, 9.17) is 20.0 Å². The van der Waals surface area contributed by atoms with Gasteiger partial charge in [0.05, 0.1) is 22.7 Å². The molecule has 0 atom stereocenters. The van der Waals surface area contributed by atoms with Crippen LogP contribution in [0.1, 0.15) is 44.5 Å². The number of rotatable bonds is 0. The van der Waals surface area contributed by atoms with E-state index < -0.39 is 0 Å². The number of phenols is 4. The second kappa shape index (κ2) is 17.9. The number of aromatic hydroxyl groups is 4. The van der Waals surface area contributed by atoms with Crippen molar-refractivity contribution in [3.63, 3.8) is 0 Å². The maximum Gasteiger partial charge on any atom is 0.127 e. The largest absolute Gasteiger partial charge is 0.507 e. The van der Waals surface area contributed by atoms with E-state index in [0.29, 0.717) is 92.9 Å². The topological polar surface area (TPSA) is 130 Å². The van der Waals surface area contributed by atoms with Crippen LogP contribution in [0, 0.1) is 0 Å². The van der Waals surface area contributed by atoms with Crippen LogP contribution >= 0.6 is 0 Å². The van der Waals surface area contributed by atoms with Gasteiger partial charge in [0.25, 0.3) is 0 Å². The third kappa shape index (κ3) is 8.58. The molecule has 0 aromatic heterocycles. The Hall–Kier alpha value is -8.36. The zero-order valence-electron chi connectivity index (χ0n) is 35.0. The summed E-state index contributed by atoms with van der Waals surface area (Å²) in [7, 11) is 0. The molecular weight excluding hydrogens is 793 g/mol. The van der Waals surface area contributed by atoms with Crippen LogP contribution in [0.25, 0.3) is 21.5 Å². The van der Waals surface area contributed by atoms with E-state index >= 15 is 0 Å². The summed E-state index contributed by atoms with van der Waals surface area (Å²) >= 11 is 0. The zero-order valence-corrected chi connectivity index (χ0v) is 35.0. The molecule has 312 valence electrons. The predicted molar refractivity (Wildman–Crippen MR) is 262 cm³/mol. The predicted octanol–water partition coefficient (Wildman–Crippen LogP) is 12.8. The van der Waals surface area contributed by atoms with Crippen molar-refractivity contribution in [2.75, 3.05) is 0 Å². The van der Waals surface area contributed by atoms with E-state index in [9.17, 15) is 20.4 Å². The Morgan fingerprint density at radius 2 is 0.516 bits per heavy atom. The first-order valence-electron chi connectivity index (χ1n) is 21.0. The molecule has 8 aromatic rings. The van der Waals surface area contributed by atoms with E-state index in [1.54, 1.807) is 24.9 Å². The summed E-state index contributed by atoms with van der Waals surface area (Å²) < 4.78 is 0. The average molecular weight is 837 g/mol. The van der Waals surface area contributed by atoms with E-state index in [2.05, 4.69) is 13.2 Å². The van der Waals surface area contributed by atoms with E-state index in [0.717, 1.165) is 32.7 Å². The van der Waals surface area contributed by atoms with Crippen LogP contribution in [0.5, 0.6) is 23.0 Å². The van der Waals surface area contributed by atoms with Crippen LogP contribution < -0.4 is 0 Å². The minimum absolute atomic E-state index is 0.113. The Labute approximate surface area is 371 Å². The number of allylic oxidation sites excluding steroid dienone is 2. The highest BCUT2D eigenvalue weighted by molar-refractivity contribution is 6.04. The van der Waals surface area contributed by atoms with Crippen LogP contribution in [-0.2, 0) is 25.7 Å². The van der Waals surface area contributed by atoms with Crippen molar-refractivity contribution >= 4 is 69.2 Å². The standard InChI is InChI=1S/C56H44N4O4/c1-35-27-37-11-3-15-41(53(37)61)31-57-49-23-7-21-47-45(49)19-9-25-51(47)59-33-43-17-5-13-39(55(43)63)29-36(2)30-40-14-6-18-44(56(40)64)34-60-52-26-10-20-46-48(52)22-8-24-50(46)58-32-42-16-4-12-38(28-35)54(42)62/h3-26,31-34,61-64H,1-2,27-30H2. The van der Waals surface area contributed by atoms with Gasteiger partial charge in [-0.15, -0.1) is 0 Å². The summed E-state index contributed by atoms with van der Waals surface area (Å²) in [4.78, 5) is 19.3. The number of benzene rings is 8. The first-order chi connectivity index (χ1) is 31.2. The van der Waals surface area contributed by atoms with Gasteiger partial charge in [0.2, 0.25) is 0 Å². The number of para-hydroxylation sites is 4. The lowest BCUT2D eigenvalue weighted by Crippen LogP contribution is -1.98. The zero-order chi connectivity index (χ0) is 44.2. The molecule has 1 aliphatic heterocycles. The Kier molecular flexibility index (Phi) is 11.5. The molecule has 0 saturated carbocycles. The van der Waals surface area contributed by atoms with Gasteiger partial charge in [0, 0.05) is 68.7 Å². The van der Waals surface area contributed by atoms with Crippen molar-refractivity contribution in [2.45, 2.75) is 25.7 Å². The first-order valence-corrected chi connectivity index (χ1v) is 21.0. The second-order valence-corrected chi connectivity index (χ2v) is 16.0. The fourth-order valence-corrected chi connectivity index (χ4v) is 8.19. The van der Waals surface area contributed by atoms with Gasteiger partial charge in [0.1, 0.15) is 23.0 Å². The summed E-state index contributed by atoms with van der Waals surface area (Å²) in [5.41, 5.74) is 9.45. The van der Waals surface area contributed by atoms with Crippen molar-refractivity contribution in [3.05, 3.63) is 214 Å². The lowest BCUT2D eigenvalue weighted by Gasteiger charge is -2.12. The van der Waals surface area contributed by atoms with Crippen molar-refractivity contribution in [1.29, 1.82) is 0 Å². The molecule has 1 aliphatic rings. The summed E-state index contributed by atoms with van der Waals surface area (Å²) in [6.45, 7) is 8.62. The summed E-state index contributed by atoms with van der Waals surface area (Å²) in [5.74, 6) is 0.451. The van der Waals surface area contributed by atoms with E-state index in [1.807, 2.05) is 146 Å². The van der Waals surface area contributed by atoms with Gasteiger partial charge in [-0.3, -0.25) is 20.0 Å². The molecule has 8 nitrogen and oxygen atoms in total. The molecule has 0 spiro atoms. The minimum Gasteiger partial charge on any atom is -0.507 e.